The molecule has 0 bridgehead atoms. The molecule has 0 aliphatic rings. The highest BCUT2D eigenvalue weighted by atomic mass is 28.3. The van der Waals surface area contributed by atoms with Crippen LogP contribution in [0.15, 0.2) is 0 Å². The number of rotatable bonds is 11. The van der Waals surface area contributed by atoms with Crippen molar-refractivity contribution in [1.29, 1.82) is 0 Å². The van der Waals surface area contributed by atoms with Crippen LogP contribution in [-0.2, 0) is 14.3 Å². The molecule has 0 radical (unpaired) electrons. The third-order valence-electron chi connectivity index (χ3n) is 2.76. The first-order valence-corrected chi connectivity index (χ1v) is 10.8. The molecule has 0 rings (SSSR count). The molecular formula is C14H30O3Si. The smallest absolute Gasteiger partial charge is 0.161 e. The van der Waals surface area contributed by atoms with Crippen LogP contribution >= 0.6 is 0 Å². The molecule has 0 N–H and O–H groups in total. The number of ether oxygens (including phenoxy) is 2. The molecule has 0 aliphatic carbocycles. The van der Waals surface area contributed by atoms with E-state index in [2.05, 4.69) is 26.6 Å². The Hall–Kier alpha value is -0.193. The fraction of sp³-hybridized carbons (Fsp3) is 0.929. The first-order valence-electron chi connectivity index (χ1n) is 7.12. The molecule has 0 saturated carbocycles. The van der Waals surface area contributed by atoms with Crippen LogP contribution in [0, 0.1) is 0 Å². The third kappa shape index (κ3) is 9.80. The predicted octanol–water partition coefficient (Wildman–Crippen LogP) is 3.85. The monoisotopic (exact) mass is 274 g/mol. The molecule has 18 heavy (non-hydrogen) atoms. The van der Waals surface area contributed by atoms with Crippen molar-refractivity contribution >= 4 is 13.9 Å². The summed E-state index contributed by atoms with van der Waals surface area (Å²) in [5.74, 6) is 0.216. The van der Waals surface area contributed by atoms with Gasteiger partial charge in [-0.05, 0) is 18.9 Å². The number of Topliss-reactive ketones (excluding diaryl/α,β-unsaturated/α-hetero) is 1. The summed E-state index contributed by atoms with van der Waals surface area (Å²) < 4.78 is 11.0. The summed E-state index contributed by atoms with van der Waals surface area (Å²) in [6.45, 7) is 12.1. The lowest BCUT2D eigenvalue weighted by Gasteiger charge is -2.18. The Morgan fingerprint density at radius 1 is 1.17 bits per heavy atom. The fourth-order valence-electron chi connectivity index (χ4n) is 1.57. The van der Waals surface area contributed by atoms with Gasteiger partial charge in [0.15, 0.2) is 5.78 Å². The molecule has 0 unspecified atom stereocenters. The molecule has 4 heteroatoms. The topological polar surface area (TPSA) is 35.5 Å². The lowest BCUT2D eigenvalue weighted by Crippen LogP contribution is -2.26. The summed E-state index contributed by atoms with van der Waals surface area (Å²) in [7, 11) is -1.03. The van der Waals surface area contributed by atoms with Gasteiger partial charge in [0.25, 0.3) is 0 Å². The number of hydrogen-bond acceptors (Lipinski definition) is 3. The zero-order chi connectivity index (χ0) is 14.0. The fourth-order valence-corrected chi connectivity index (χ4v) is 2.33. The molecule has 0 aromatic carbocycles. The van der Waals surface area contributed by atoms with Gasteiger partial charge in [-0.25, -0.2) is 0 Å². The van der Waals surface area contributed by atoms with Gasteiger partial charge >= 0.3 is 0 Å². The molecule has 0 amide bonds. The summed E-state index contributed by atoms with van der Waals surface area (Å²) >= 11 is 0. The highest BCUT2D eigenvalue weighted by Gasteiger charge is 2.17. The number of ketones is 1. The summed E-state index contributed by atoms with van der Waals surface area (Å²) in [5.41, 5.74) is 0. The van der Waals surface area contributed by atoms with Crippen LogP contribution < -0.4 is 0 Å². The van der Waals surface area contributed by atoms with E-state index >= 15 is 0 Å². The maximum atomic E-state index is 11.8. The number of carbonyl (C=O) groups is 1. The van der Waals surface area contributed by atoms with Gasteiger partial charge in [0.05, 0.1) is 0 Å². The predicted molar refractivity (Wildman–Crippen MR) is 78.7 cm³/mol. The van der Waals surface area contributed by atoms with Crippen molar-refractivity contribution in [2.45, 2.75) is 71.3 Å². The van der Waals surface area contributed by atoms with Gasteiger partial charge in [0, 0.05) is 21.1 Å². The minimum absolute atomic E-state index is 0.216. The summed E-state index contributed by atoms with van der Waals surface area (Å²) in [4.78, 5) is 11.8. The van der Waals surface area contributed by atoms with E-state index in [4.69, 9.17) is 9.47 Å². The minimum atomic E-state index is -1.03. The van der Waals surface area contributed by atoms with E-state index in [9.17, 15) is 4.79 Å². The van der Waals surface area contributed by atoms with Crippen LogP contribution in [0.5, 0.6) is 0 Å². The van der Waals surface area contributed by atoms with Crippen LogP contribution in [0.3, 0.4) is 0 Å². The van der Waals surface area contributed by atoms with Crippen LogP contribution in [0.2, 0.25) is 25.7 Å². The maximum absolute atomic E-state index is 11.8. The molecule has 0 saturated heterocycles. The molecule has 3 nitrogen and oxygen atoms in total. The summed E-state index contributed by atoms with van der Waals surface area (Å²) in [6, 6.07) is 1.14. The van der Waals surface area contributed by atoms with Crippen molar-refractivity contribution in [2.75, 3.05) is 13.4 Å². The molecule has 0 fully saturated rings. The van der Waals surface area contributed by atoms with Crippen molar-refractivity contribution in [3.05, 3.63) is 0 Å². The van der Waals surface area contributed by atoms with Crippen molar-refractivity contribution in [3.8, 4) is 0 Å². The zero-order valence-electron chi connectivity index (χ0n) is 12.8. The van der Waals surface area contributed by atoms with Crippen molar-refractivity contribution in [3.63, 3.8) is 0 Å². The van der Waals surface area contributed by atoms with E-state index in [1.165, 1.54) is 0 Å². The molecule has 0 heterocycles. The van der Waals surface area contributed by atoms with E-state index in [0.717, 1.165) is 31.9 Å². The van der Waals surface area contributed by atoms with E-state index in [0.29, 0.717) is 6.42 Å². The summed E-state index contributed by atoms with van der Waals surface area (Å²) in [6.07, 6.45) is 3.01. The van der Waals surface area contributed by atoms with Gasteiger partial charge in [-0.2, -0.15) is 0 Å². The average Bonchev–Trinajstić information content (AvgIpc) is 2.26. The molecule has 108 valence electrons. The van der Waals surface area contributed by atoms with E-state index < -0.39 is 8.07 Å². The highest BCUT2D eigenvalue weighted by Crippen LogP contribution is 2.10. The van der Waals surface area contributed by atoms with Crippen LogP contribution in [0.4, 0.5) is 0 Å². The quantitative estimate of drug-likeness (QED) is 0.326. The first-order chi connectivity index (χ1) is 8.40. The van der Waals surface area contributed by atoms with Crippen molar-refractivity contribution in [1.82, 2.24) is 0 Å². The third-order valence-corrected chi connectivity index (χ3v) is 4.46. The van der Waals surface area contributed by atoms with Crippen molar-refractivity contribution < 1.29 is 14.3 Å². The molecule has 0 aromatic rings. The Labute approximate surface area is 113 Å². The van der Waals surface area contributed by atoms with E-state index in [-0.39, 0.29) is 18.7 Å². The second-order valence-corrected chi connectivity index (χ2v) is 11.6. The zero-order valence-corrected chi connectivity index (χ0v) is 13.8. The molecule has 0 spiro atoms. The number of carbonyl (C=O) groups excluding carboxylic acids is 1. The normalized spacial score (nSPS) is 13.6. The highest BCUT2D eigenvalue weighted by molar-refractivity contribution is 6.76. The molecule has 0 aromatic heterocycles. The lowest BCUT2D eigenvalue weighted by molar-refractivity contribution is -0.142. The number of hydrogen-bond donors (Lipinski definition) is 0. The Balaban J connectivity index is 3.80. The van der Waals surface area contributed by atoms with Crippen LogP contribution in [0.25, 0.3) is 0 Å². The van der Waals surface area contributed by atoms with Crippen molar-refractivity contribution in [2.24, 2.45) is 0 Å². The second kappa shape index (κ2) is 9.70. The molecular weight excluding hydrogens is 244 g/mol. The Bertz CT molecular complexity index is 224. The van der Waals surface area contributed by atoms with Gasteiger partial charge in [0.2, 0.25) is 0 Å². The molecule has 0 aliphatic heterocycles. The van der Waals surface area contributed by atoms with Gasteiger partial charge in [-0.3, -0.25) is 4.79 Å². The van der Waals surface area contributed by atoms with Gasteiger partial charge in [0.1, 0.15) is 12.9 Å². The van der Waals surface area contributed by atoms with E-state index in [1.54, 1.807) is 0 Å². The Morgan fingerprint density at radius 2 is 1.83 bits per heavy atom. The van der Waals surface area contributed by atoms with Gasteiger partial charge < -0.3 is 9.47 Å². The summed E-state index contributed by atoms with van der Waals surface area (Å²) in [5, 5.41) is 0. The van der Waals surface area contributed by atoms with Crippen LogP contribution in [-0.4, -0.2) is 33.4 Å². The van der Waals surface area contributed by atoms with Crippen LogP contribution in [0.1, 0.15) is 39.5 Å². The van der Waals surface area contributed by atoms with E-state index in [1.807, 2.05) is 6.92 Å². The second-order valence-electron chi connectivity index (χ2n) is 6.00. The lowest BCUT2D eigenvalue weighted by atomic mass is 10.1. The SMILES string of the molecule is CCCC(=O)[C@@H](CCC)OCOCC[Si](C)(C)C. The average molecular weight is 274 g/mol. The largest absolute Gasteiger partial charge is 0.356 e. The van der Waals surface area contributed by atoms with Gasteiger partial charge in [-0.1, -0.05) is 39.9 Å². The van der Waals surface area contributed by atoms with Gasteiger partial charge in [-0.15, -0.1) is 0 Å². The Kier molecular flexibility index (Phi) is 9.60. The molecule has 1 atom stereocenters. The standard InChI is InChI=1S/C14H30O3Si/c1-6-8-13(15)14(9-7-2)17-12-16-10-11-18(3,4)5/h14H,6-12H2,1-5H3/t14-/m1/s1. The minimum Gasteiger partial charge on any atom is -0.356 e. The Morgan fingerprint density at radius 3 is 2.33 bits per heavy atom. The first kappa shape index (κ1) is 17.8. The maximum Gasteiger partial charge on any atom is 0.161 e.